The van der Waals surface area contributed by atoms with E-state index >= 15 is 0 Å². The van der Waals surface area contributed by atoms with Gasteiger partial charge in [0.2, 0.25) is 0 Å². The topological polar surface area (TPSA) is 47.6 Å². The Balaban J connectivity index is 1.66. The molecule has 3 rings (SSSR count). The monoisotopic (exact) mass is 335 g/mol. The molecule has 25 heavy (non-hydrogen) atoms. The molecule has 0 heterocycles. The molecule has 4 nitrogen and oxygen atoms in total. The molecule has 0 aliphatic rings. The molecule has 4 heteroatoms. The Hall–Kier alpha value is -2.85. The van der Waals surface area contributed by atoms with Crippen LogP contribution >= 0.6 is 0 Å². The molecule has 0 radical (unpaired) electrons. The second-order valence-corrected chi connectivity index (χ2v) is 5.89. The van der Waals surface area contributed by atoms with Gasteiger partial charge in [-0.05, 0) is 47.5 Å². The number of benzene rings is 3. The molecular formula is C21H21NO3. The highest BCUT2D eigenvalue weighted by molar-refractivity contribution is 5.94. The van der Waals surface area contributed by atoms with Gasteiger partial charge in [0.25, 0.3) is 5.91 Å². The van der Waals surface area contributed by atoms with Crippen LogP contribution in [0.2, 0.25) is 0 Å². The molecule has 128 valence electrons. The predicted molar refractivity (Wildman–Crippen MR) is 99.8 cm³/mol. The summed E-state index contributed by atoms with van der Waals surface area (Å²) in [5.41, 5.74) is 1.73. The van der Waals surface area contributed by atoms with Gasteiger partial charge in [-0.25, -0.2) is 0 Å². The lowest BCUT2D eigenvalue weighted by atomic mass is 10.1. The summed E-state index contributed by atoms with van der Waals surface area (Å²) in [6.07, 6.45) is -0.604. The summed E-state index contributed by atoms with van der Waals surface area (Å²) in [7, 11) is 1.64. The van der Waals surface area contributed by atoms with Crippen molar-refractivity contribution >= 4 is 22.4 Å². The third-order valence-corrected chi connectivity index (χ3v) is 3.91. The van der Waals surface area contributed by atoms with E-state index in [1.54, 1.807) is 14.0 Å². The van der Waals surface area contributed by atoms with Crippen molar-refractivity contribution in [1.29, 1.82) is 0 Å². The molecule has 0 fully saturated rings. The molecule has 0 saturated carbocycles. The quantitative estimate of drug-likeness (QED) is 0.726. The van der Waals surface area contributed by atoms with Gasteiger partial charge in [-0.3, -0.25) is 4.79 Å². The number of hydrogen-bond donors (Lipinski definition) is 1. The van der Waals surface area contributed by atoms with Gasteiger partial charge in [0, 0.05) is 12.8 Å². The third kappa shape index (κ3) is 4.37. The lowest BCUT2D eigenvalue weighted by Crippen LogP contribution is -2.30. The van der Waals surface area contributed by atoms with Crippen LogP contribution in [0.5, 0.6) is 5.75 Å². The van der Waals surface area contributed by atoms with Crippen molar-refractivity contribution in [2.75, 3.05) is 12.4 Å². The Labute approximate surface area is 147 Å². The lowest BCUT2D eigenvalue weighted by molar-refractivity contribution is -0.122. The minimum atomic E-state index is -0.604. The minimum absolute atomic E-state index is 0.192. The second-order valence-electron chi connectivity index (χ2n) is 5.89. The molecule has 3 aromatic rings. The van der Waals surface area contributed by atoms with Crippen LogP contribution in [0.1, 0.15) is 12.5 Å². The molecule has 1 amide bonds. The van der Waals surface area contributed by atoms with E-state index in [0.717, 1.165) is 22.0 Å². The normalized spacial score (nSPS) is 11.9. The van der Waals surface area contributed by atoms with Gasteiger partial charge in [-0.15, -0.1) is 0 Å². The van der Waals surface area contributed by atoms with Crippen molar-refractivity contribution in [2.24, 2.45) is 0 Å². The first kappa shape index (κ1) is 17.0. The van der Waals surface area contributed by atoms with Gasteiger partial charge >= 0.3 is 0 Å². The number of amides is 1. The Kier molecular flexibility index (Phi) is 5.31. The van der Waals surface area contributed by atoms with Crippen molar-refractivity contribution in [1.82, 2.24) is 0 Å². The number of rotatable bonds is 6. The maximum Gasteiger partial charge on any atom is 0.265 e. The fourth-order valence-electron chi connectivity index (χ4n) is 2.65. The summed E-state index contributed by atoms with van der Waals surface area (Å²) in [6, 6.07) is 21.4. The van der Waals surface area contributed by atoms with E-state index in [9.17, 15) is 4.79 Å². The van der Waals surface area contributed by atoms with E-state index in [2.05, 4.69) is 5.32 Å². The van der Waals surface area contributed by atoms with Crippen LogP contribution in [0.25, 0.3) is 10.8 Å². The zero-order valence-corrected chi connectivity index (χ0v) is 14.4. The Morgan fingerprint density at radius 2 is 1.80 bits per heavy atom. The smallest absolute Gasteiger partial charge is 0.265 e. The summed E-state index contributed by atoms with van der Waals surface area (Å²) in [5.74, 6) is 0.484. The van der Waals surface area contributed by atoms with E-state index in [1.165, 1.54) is 0 Å². The number of hydrogen-bond acceptors (Lipinski definition) is 3. The van der Waals surface area contributed by atoms with Crippen LogP contribution in [-0.2, 0) is 16.1 Å². The molecule has 1 atom stereocenters. The number of methoxy groups -OCH3 is 1. The molecule has 0 spiro atoms. The number of carbonyl (C=O) groups is 1. The first-order valence-electron chi connectivity index (χ1n) is 8.20. The van der Waals surface area contributed by atoms with Gasteiger partial charge in [0.05, 0.1) is 6.61 Å². The van der Waals surface area contributed by atoms with Gasteiger partial charge in [-0.2, -0.15) is 0 Å². The number of ether oxygens (including phenoxy) is 2. The standard InChI is InChI=1S/C21H21NO3/c1-15(21(23)22-19-9-5-6-16(12-19)14-24-2)25-20-11-10-17-7-3-4-8-18(17)13-20/h3-13,15H,14H2,1-2H3,(H,22,23). The van der Waals surface area contributed by atoms with Crippen molar-refractivity contribution in [3.05, 3.63) is 72.3 Å². The van der Waals surface area contributed by atoms with E-state index < -0.39 is 6.10 Å². The van der Waals surface area contributed by atoms with E-state index in [1.807, 2.05) is 66.7 Å². The lowest BCUT2D eigenvalue weighted by Gasteiger charge is -2.15. The number of fused-ring (bicyclic) bond motifs is 1. The molecule has 0 aromatic heterocycles. The summed E-state index contributed by atoms with van der Waals surface area (Å²) < 4.78 is 10.9. The first-order valence-corrected chi connectivity index (χ1v) is 8.20. The van der Waals surface area contributed by atoms with Gasteiger partial charge in [-0.1, -0.05) is 42.5 Å². The molecule has 0 bridgehead atoms. The maximum atomic E-state index is 12.4. The van der Waals surface area contributed by atoms with Crippen LogP contribution in [0.3, 0.4) is 0 Å². The van der Waals surface area contributed by atoms with Gasteiger partial charge in [0.1, 0.15) is 5.75 Å². The zero-order chi connectivity index (χ0) is 17.6. The number of anilines is 1. The summed E-state index contributed by atoms with van der Waals surface area (Å²) >= 11 is 0. The molecule has 1 N–H and O–H groups in total. The van der Waals surface area contributed by atoms with Gasteiger partial charge < -0.3 is 14.8 Å². The Bertz CT molecular complexity index is 876. The Morgan fingerprint density at radius 3 is 2.60 bits per heavy atom. The number of nitrogens with one attached hydrogen (secondary N) is 1. The fourth-order valence-corrected chi connectivity index (χ4v) is 2.65. The highest BCUT2D eigenvalue weighted by Gasteiger charge is 2.15. The van der Waals surface area contributed by atoms with Crippen molar-refractivity contribution < 1.29 is 14.3 Å². The summed E-state index contributed by atoms with van der Waals surface area (Å²) in [5, 5.41) is 5.10. The SMILES string of the molecule is COCc1cccc(NC(=O)C(C)Oc2ccc3ccccc3c2)c1. The maximum absolute atomic E-state index is 12.4. The predicted octanol–water partition coefficient (Wildman–Crippen LogP) is 4.39. The molecular weight excluding hydrogens is 314 g/mol. The van der Waals surface area contributed by atoms with Crippen molar-refractivity contribution in [3.63, 3.8) is 0 Å². The summed E-state index contributed by atoms with van der Waals surface area (Å²) in [4.78, 5) is 12.4. The van der Waals surface area contributed by atoms with Crippen molar-refractivity contribution in [3.8, 4) is 5.75 Å². The van der Waals surface area contributed by atoms with E-state index in [4.69, 9.17) is 9.47 Å². The van der Waals surface area contributed by atoms with Gasteiger partial charge in [0.15, 0.2) is 6.10 Å². The first-order chi connectivity index (χ1) is 12.2. The molecule has 1 unspecified atom stereocenters. The van der Waals surface area contributed by atoms with E-state index in [-0.39, 0.29) is 5.91 Å². The molecule has 0 saturated heterocycles. The molecule has 0 aliphatic carbocycles. The summed E-state index contributed by atoms with van der Waals surface area (Å²) in [6.45, 7) is 2.25. The van der Waals surface area contributed by atoms with Crippen molar-refractivity contribution in [2.45, 2.75) is 19.6 Å². The van der Waals surface area contributed by atoms with E-state index in [0.29, 0.717) is 12.4 Å². The highest BCUT2D eigenvalue weighted by atomic mass is 16.5. The van der Waals surface area contributed by atoms with Crippen LogP contribution in [0.15, 0.2) is 66.7 Å². The van der Waals surface area contributed by atoms with Crippen LogP contribution in [0, 0.1) is 0 Å². The third-order valence-electron chi connectivity index (χ3n) is 3.91. The van der Waals surface area contributed by atoms with Crippen LogP contribution < -0.4 is 10.1 Å². The molecule has 3 aromatic carbocycles. The average Bonchev–Trinajstić information content (AvgIpc) is 2.62. The Morgan fingerprint density at radius 1 is 1.00 bits per heavy atom. The fraction of sp³-hybridized carbons (Fsp3) is 0.190. The average molecular weight is 335 g/mol. The zero-order valence-electron chi connectivity index (χ0n) is 14.4. The number of carbonyl (C=O) groups excluding carboxylic acids is 1. The van der Waals surface area contributed by atoms with Crippen LogP contribution in [-0.4, -0.2) is 19.1 Å². The highest BCUT2D eigenvalue weighted by Crippen LogP contribution is 2.22. The van der Waals surface area contributed by atoms with Crippen LogP contribution in [0.4, 0.5) is 5.69 Å². The second kappa shape index (κ2) is 7.81. The largest absolute Gasteiger partial charge is 0.481 e. The minimum Gasteiger partial charge on any atom is -0.481 e. The molecule has 0 aliphatic heterocycles.